The molecule has 0 bridgehead atoms. The van der Waals surface area contributed by atoms with Gasteiger partial charge in [0, 0.05) is 0 Å². The minimum Gasteiger partial charge on any atom is -1.00 e. The number of fused-ring (bicyclic) bond motifs is 2. The normalized spacial score (nSPS) is 19.9. The van der Waals surface area contributed by atoms with Crippen LogP contribution in [0.4, 0.5) is 0 Å². The van der Waals surface area contributed by atoms with E-state index in [9.17, 15) is 0 Å². The number of hydrogen-bond donors (Lipinski definition) is 0. The molecule has 1 aromatic heterocycles. The number of benzene rings is 2. The van der Waals surface area contributed by atoms with Crippen LogP contribution < -0.4 is 24.8 Å². The van der Waals surface area contributed by atoms with E-state index in [0.29, 0.717) is 10.1 Å². The first-order chi connectivity index (χ1) is 13.6. The monoisotopic (exact) mass is 469 g/mol. The van der Waals surface area contributed by atoms with Gasteiger partial charge in [0.2, 0.25) is 0 Å². The number of halogens is 2. The zero-order chi connectivity index (χ0) is 19.4. The first-order valence-electron chi connectivity index (χ1n) is 10.1. The van der Waals surface area contributed by atoms with E-state index in [0.717, 1.165) is 0 Å². The third-order valence-corrected chi connectivity index (χ3v) is 9.87. The molecule has 0 saturated carbocycles. The molecule has 30 heavy (non-hydrogen) atoms. The number of aromatic nitrogens is 1. The Labute approximate surface area is 200 Å². The fourth-order valence-electron chi connectivity index (χ4n) is 4.73. The maximum absolute atomic E-state index is 2.44. The summed E-state index contributed by atoms with van der Waals surface area (Å²) in [5.74, 6) is 0.607. The molecule has 2 atom stereocenters. The van der Waals surface area contributed by atoms with Gasteiger partial charge >= 0.3 is 177 Å². The molecule has 0 aliphatic heterocycles. The average molecular weight is 470 g/mol. The zero-order valence-electron chi connectivity index (χ0n) is 17.7. The van der Waals surface area contributed by atoms with Crippen LogP contribution in [0.15, 0.2) is 81.4 Å². The van der Waals surface area contributed by atoms with Gasteiger partial charge in [0.1, 0.15) is 0 Å². The van der Waals surface area contributed by atoms with Gasteiger partial charge < -0.3 is 24.8 Å². The minimum atomic E-state index is -0.332. The van der Waals surface area contributed by atoms with E-state index in [-0.39, 0.29) is 44.0 Å². The van der Waals surface area contributed by atoms with E-state index in [4.69, 9.17) is 0 Å². The second-order valence-electron chi connectivity index (χ2n) is 8.09. The summed E-state index contributed by atoms with van der Waals surface area (Å²) in [7, 11) is 0. The molecule has 2 aromatic carbocycles. The van der Waals surface area contributed by atoms with Gasteiger partial charge in [-0.2, -0.15) is 0 Å². The standard InChI is InChI=1S/C17H12N.C9H13.2ClH.Ti/c1-2-7-15-12-16(11-14(15)6-1)18-10-9-13-5-3-4-8-17(13)18;1-6-5-7(2)9(4)8(6)3;;;/h1-12H;6H,1-4H3;2*1H;/q;;;;+2/p-2. The Balaban J connectivity index is 0.00000128. The fraction of sp³-hybridized carbons (Fsp3) is 0.231. The maximum Gasteiger partial charge on any atom is -1.00 e. The van der Waals surface area contributed by atoms with E-state index < -0.39 is 0 Å². The Kier molecular flexibility index (Phi) is 6.89. The Morgan fingerprint density at radius 2 is 1.53 bits per heavy atom. The van der Waals surface area contributed by atoms with Crippen molar-refractivity contribution in [1.29, 1.82) is 0 Å². The van der Waals surface area contributed by atoms with Crippen LogP contribution in [0.25, 0.3) is 22.7 Å². The molecule has 2 aliphatic rings. The van der Waals surface area contributed by atoms with Gasteiger partial charge in [0.15, 0.2) is 0 Å². The predicted molar refractivity (Wildman–Crippen MR) is 116 cm³/mol. The van der Waals surface area contributed by atoms with Crippen LogP contribution >= 0.6 is 0 Å². The summed E-state index contributed by atoms with van der Waals surface area (Å²) >= 11 is -0.332. The molecule has 4 heteroatoms. The zero-order valence-corrected chi connectivity index (χ0v) is 20.8. The molecule has 1 nitrogen and oxygen atoms in total. The molecule has 2 unspecified atom stereocenters. The Morgan fingerprint density at radius 3 is 2.27 bits per heavy atom. The van der Waals surface area contributed by atoms with Gasteiger partial charge in [-0.25, -0.2) is 0 Å². The summed E-state index contributed by atoms with van der Waals surface area (Å²) in [6.45, 7) is 9.38. The Morgan fingerprint density at radius 1 is 0.833 bits per heavy atom. The number of allylic oxidation sites excluding steroid dienone is 5. The van der Waals surface area contributed by atoms with Crippen molar-refractivity contribution in [3.8, 4) is 0 Å². The van der Waals surface area contributed by atoms with Gasteiger partial charge in [0.05, 0.1) is 0 Å². The van der Waals surface area contributed by atoms with Crippen LogP contribution in [0.1, 0.15) is 43.0 Å². The molecular formula is C26H25Cl2NTi. The molecule has 2 aliphatic carbocycles. The number of para-hydroxylation sites is 1. The molecule has 0 N–H and O–H groups in total. The van der Waals surface area contributed by atoms with Gasteiger partial charge in [-0.05, 0) is 0 Å². The molecular weight excluding hydrogens is 445 g/mol. The second-order valence-corrected chi connectivity index (χ2v) is 10.3. The number of rotatable bonds is 3. The third kappa shape index (κ3) is 3.57. The molecule has 0 amide bonds. The van der Waals surface area contributed by atoms with Crippen molar-refractivity contribution in [3.63, 3.8) is 0 Å². The third-order valence-electron chi connectivity index (χ3n) is 6.72. The quantitative estimate of drug-likeness (QED) is 0.505. The smallest absolute Gasteiger partial charge is 1.00 e. The minimum absolute atomic E-state index is 0. The van der Waals surface area contributed by atoms with Crippen molar-refractivity contribution in [1.82, 2.24) is 4.57 Å². The fourth-order valence-corrected chi connectivity index (χ4v) is 7.80. The van der Waals surface area contributed by atoms with Crippen LogP contribution in [-0.2, 0) is 19.2 Å². The molecule has 3 aromatic rings. The topological polar surface area (TPSA) is 4.93 Å². The Bertz CT molecular complexity index is 1200. The van der Waals surface area contributed by atoms with Crippen LogP contribution in [0.5, 0.6) is 0 Å². The van der Waals surface area contributed by atoms with Crippen LogP contribution in [0.3, 0.4) is 0 Å². The van der Waals surface area contributed by atoms with E-state index in [1.54, 1.807) is 15.0 Å². The van der Waals surface area contributed by atoms with Gasteiger partial charge in [0.25, 0.3) is 0 Å². The number of hydrogen-bond acceptors (Lipinski definition) is 0. The molecule has 1 heterocycles. The summed E-state index contributed by atoms with van der Waals surface area (Å²) < 4.78 is 4.70. The maximum atomic E-state index is 2.44. The SMILES string of the molecule is CC1=C(C)C(C)[C]([Ti+2][CH]2C(n3ccc4ccccc43)=Cc3ccccc32)=C1C.[Cl-].[Cl-]. The number of nitrogens with zero attached hydrogens (tertiary/aromatic N) is 1. The molecule has 0 spiro atoms. The summed E-state index contributed by atoms with van der Waals surface area (Å²) in [4.78, 5) is 0. The first-order valence-corrected chi connectivity index (χ1v) is 11.8. The predicted octanol–water partition coefficient (Wildman–Crippen LogP) is 1.04. The van der Waals surface area contributed by atoms with Crippen molar-refractivity contribution >= 4 is 22.7 Å². The largest absolute Gasteiger partial charge is 1.00 e. The van der Waals surface area contributed by atoms with Crippen molar-refractivity contribution in [3.05, 3.63) is 92.5 Å². The van der Waals surface area contributed by atoms with Crippen LogP contribution in [0.2, 0.25) is 0 Å². The molecule has 152 valence electrons. The van der Waals surface area contributed by atoms with Crippen molar-refractivity contribution in [2.45, 2.75) is 31.9 Å². The van der Waals surface area contributed by atoms with E-state index in [1.165, 1.54) is 33.3 Å². The van der Waals surface area contributed by atoms with E-state index >= 15 is 0 Å². The van der Waals surface area contributed by atoms with Crippen molar-refractivity contribution in [2.75, 3.05) is 0 Å². The summed E-state index contributed by atoms with van der Waals surface area (Å²) in [5.41, 5.74) is 10.3. The summed E-state index contributed by atoms with van der Waals surface area (Å²) in [5, 5.41) is 1.32. The first kappa shape index (κ1) is 23.2. The van der Waals surface area contributed by atoms with Gasteiger partial charge in [-0.15, -0.1) is 0 Å². The molecule has 0 radical (unpaired) electrons. The average Bonchev–Trinajstić information content (AvgIpc) is 3.35. The van der Waals surface area contributed by atoms with Crippen LogP contribution in [0, 0.1) is 5.92 Å². The summed E-state index contributed by atoms with van der Waals surface area (Å²) in [6, 6.07) is 20.0. The van der Waals surface area contributed by atoms with Gasteiger partial charge in [-0.1, -0.05) is 0 Å². The summed E-state index contributed by atoms with van der Waals surface area (Å²) in [6.07, 6.45) is 4.69. The van der Waals surface area contributed by atoms with Crippen LogP contribution in [-0.4, -0.2) is 4.57 Å². The Hall–Kier alpha value is -1.51. The molecule has 0 saturated heterocycles. The van der Waals surface area contributed by atoms with E-state index in [1.807, 2.05) is 0 Å². The van der Waals surface area contributed by atoms with Gasteiger partial charge in [-0.3, -0.25) is 0 Å². The van der Waals surface area contributed by atoms with Crippen molar-refractivity contribution in [2.24, 2.45) is 5.92 Å². The van der Waals surface area contributed by atoms with Crippen molar-refractivity contribution < 1.29 is 44.0 Å². The second kappa shape index (κ2) is 8.93. The van der Waals surface area contributed by atoms with E-state index in [2.05, 4.69) is 99.1 Å². The molecule has 5 rings (SSSR count). The molecule has 0 fully saturated rings.